The average molecular weight is 660 g/mol. The van der Waals surface area contributed by atoms with Crippen molar-refractivity contribution < 1.29 is 29.0 Å². The summed E-state index contributed by atoms with van der Waals surface area (Å²) in [6.07, 6.45) is 4.45. The van der Waals surface area contributed by atoms with E-state index in [0.717, 1.165) is 31.2 Å². The van der Waals surface area contributed by atoms with Gasteiger partial charge in [0.15, 0.2) is 5.96 Å². The molecular formula is C34H57N7O6. The fourth-order valence-electron chi connectivity index (χ4n) is 5.62. The molecule has 0 spiro atoms. The van der Waals surface area contributed by atoms with Crippen LogP contribution in [0.2, 0.25) is 0 Å². The van der Waals surface area contributed by atoms with Crippen molar-refractivity contribution >= 4 is 29.8 Å². The summed E-state index contributed by atoms with van der Waals surface area (Å²) < 4.78 is 5.33. The van der Waals surface area contributed by atoms with Crippen LogP contribution < -0.4 is 32.7 Å². The Bertz CT molecular complexity index is 1140. The lowest BCUT2D eigenvalue weighted by Crippen LogP contribution is -2.57. The number of nitrogens with zero attached hydrogens (tertiary/aromatic N) is 1. The maximum absolute atomic E-state index is 13.7. The number of hydrogen-bond donors (Lipinski definition) is 7. The molecule has 2 rings (SSSR count). The average Bonchev–Trinajstić information content (AvgIpc) is 3.01. The second-order valence-electron chi connectivity index (χ2n) is 13.3. The summed E-state index contributed by atoms with van der Waals surface area (Å²) in [5.74, 6) is -1.22. The van der Waals surface area contributed by atoms with Crippen LogP contribution in [-0.2, 0) is 25.7 Å². The van der Waals surface area contributed by atoms with Gasteiger partial charge in [0, 0.05) is 12.6 Å². The molecule has 0 saturated heterocycles. The Balaban J connectivity index is 2.11. The predicted molar refractivity (Wildman–Crippen MR) is 182 cm³/mol. The zero-order valence-electron chi connectivity index (χ0n) is 28.5. The van der Waals surface area contributed by atoms with Gasteiger partial charge in [0.25, 0.3) is 0 Å². The monoisotopic (exact) mass is 659 g/mol. The lowest BCUT2D eigenvalue weighted by molar-refractivity contribution is -0.132. The van der Waals surface area contributed by atoms with Crippen molar-refractivity contribution in [3.05, 3.63) is 35.9 Å². The van der Waals surface area contributed by atoms with Crippen LogP contribution in [0, 0.1) is 11.8 Å². The number of rotatable bonds is 19. The number of alkyl carbamates (subject to hydrolysis) is 1. The zero-order chi connectivity index (χ0) is 34.8. The number of aliphatic imine (C=N–C) groups is 1. The van der Waals surface area contributed by atoms with Crippen molar-refractivity contribution in [3.8, 4) is 0 Å². The van der Waals surface area contributed by atoms with Gasteiger partial charge in [-0.3, -0.25) is 19.4 Å². The first-order valence-electron chi connectivity index (χ1n) is 16.9. The number of carbonyl (C=O) groups excluding carboxylic acids is 4. The number of aliphatic hydroxyl groups is 1. The molecule has 1 aromatic rings. The van der Waals surface area contributed by atoms with Gasteiger partial charge in [0.2, 0.25) is 17.7 Å². The van der Waals surface area contributed by atoms with Crippen LogP contribution in [-0.4, -0.2) is 71.7 Å². The fraction of sp³-hybridized carbons (Fsp3) is 0.676. The lowest BCUT2D eigenvalue weighted by Gasteiger charge is -2.30. The minimum atomic E-state index is -1.11. The van der Waals surface area contributed by atoms with E-state index in [2.05, 4.69) is 26.3 Å². The molecule has 0 radical (unpaired) electrons. The van der Waals surface area contributed by atoms with E-state index in [-0.39, 0.29) is 55.7 Å². The van der Waals surface area contributed by atoms with E-state index in [9.17, 15) is 24.3 Å². The number of hydrogen-bond acceptors (Lipinski definition) is 7. The highest BCUT2D eigenvalue weighted by atomic mass is 16.5. The maximum atomic E-state index is 13.7. The summed E-state index contributed by atoms with van der Waals surface area (Å²) in [5.41, 5.74) is 11.6. The van der Waals surface area contributed by atoms with Crippen molar-refractivity contribution in [2.45, 2.75) is 129 Å². The van der Waals surface area contributed by atoms with Gasteiger partial charge in [0.05, 0.1) is 18.6 Å². The number of nitrogens with two attached hydrogens (primary N) is 2. The van der Waals surface area contributed by atoms with Crippen LogP contribution in [0.1, 0.15) is 97.5 Å². The molecular weight excluding hydrogens is 602 g/mol. The highest BCUT2D eigenvalue weighted by Gasteiger charge is 2.31. The van der Waals surface area contributed by atoms with Crippen molar-refractivity contribution in [1.82, 2.24) is 21.3 Å². The van der Waals surface area contributed by atoms with E-state index in [4.69, 9.17) is 16.2 Å². The Morgan fingerprint density at radius 2 is 1.53 bits per heavy atom. The molecule has 1 fully saturated rings. The van der Waals surface area contributed by atoms with Crippen molar-refractivity contribution in [3.63, 3.8) is 0 Å². The molecule has 1 aromatic carbocycles. The molecule has 0 aliphatic heterocycles. The summed E-state index contributed by atoms with van der Waals surface area (Å²) in [4.78, 5) is 56.6. The molecule has 0 heterocycles. The molecule has 1 aliphatic rings. The predicted octanol–water partition coefficient (Wildman–Crippen LogP) is 2.60. The number of aliphatic hydroxyl groups excluding tert-OH is 1. The first kappa shape index (κ1) is 39.3. The van der Waals surface area contributed by atoms with Crippen LogP contribution >= 0.6 is 0 Å². The maximum Gasteiger partial charge on any atom is 0.408 e. The normalized spacial score (nSPS) is 16.0. The Kier molecular flexibility index (Phi) is 17.6. The topological polar surface area (TPSA) is 210 Å². The number of amides is 4. The van der Waals surface area contributed by atoms with E-state index >= 15 is 0 Å². The molecule has 4 atom stereocenters. The molecule has 1 saturated carbocycles. The third kappa shape index (κ3) is 16.5. The van der Waals surface area contributed by atoms with E-state index < -0.39 is 42.1 Å². The lowest BCUT2D eigenvalue weighted by atomic mass is 9.94. The van der Waals surface area contributed by atoms with E-state index in [0.29, 0.717) is 19.3 Å². The minimum absolute atomic E-state index is 0.0195. The van der Waals surface area contributed by atoms with Gasteiger partial charge in [-0.1, -0.05) is 77.3 Å². The van der Waals surface area contributed by atoms with Crippen LogP contribution in [0.15, 0.2) is 35.3 Å². The second kappa shape index (κ2) is 21.1. The molecule has 0 unspecified atom stereocenters. The Hall–Kier alpha value is -3.87. The second-order valence-corrected chi connectivity index (χ2v) is 13.3. The molecule has 1 aliphatic carbocycles. The Labute approximate surface area is 279 Å². The van der Waals surface area contributed by atoms with E-state index in [1.54, 1.807) is 0 Å². The SMILES string of the molecule is CC(C)C[C@H](NC(=O)[C@H](CCCN=C(N)N)NC(=O)OCc1ccccc1)C(=O)N[C@@H](CC(C)C)[C@@H](O)CC(=O)NC1CCCCC1. The third-order valence-corrected chi connectivity index (χ3v) is 7.99. The number of carbonyl (C=O) groups is 4. The zero-order valence-corrected chi connectivity index (χ0v) is 28.5. The van der Waals surface area contributed by atoms with Gasteiger partial charge in [-0.15, -0.1) is 0 Å². The van der Waals surface area contributed by atoms with E-state index in [1.165, 1.54) is 6.42 Å². The van der Waals surface area contributed by atoms with E-state index in [1.807, 2.05) is 58.0 Å². The summed E-state index contributed by atoms with van der Waals surface area (Å²) in [6, 6.07) is 6.56. The van der Waals surface area contributed by atoms with Crippen molar-refractivity contribution in [1.29, 1.82) is 0 Å². The number of ether oxygens (including phenoxy) is 1. The molecule has 13 nitrogen and oxygen atoms in total. The first-order valence-corrected chi connectivity index (χ1v) is 16.9. The summed E-state index contributed by atoms with van der Waals surface area (Å²) in [6.45, 7) is 8.05. The van der Waals surface area contributed by atoms with Crippen LogP contribution in [0.25, 0.3) is 0 Å². The molecule has 47 heavy (non-hydrogen) atoms. The molecule has 264 valence electrons. The largest absolute Gasteiger partial charge is 0.445 e. The molecule has 13 heteroatoms. The highest BCUT2D eigenvalue weighted by molar-refractivity contribution is 5.91. The smallest absolute Gasteiger partial charge is 0.408 e. The molecule has 9 N–H and O–H groups in total. The highest BCUT2D eigenvalue weighted by Crippen LogP contribution is 2.18. The molecule has 0 bridgehead atoms. The molecule has 0 aromatic heterocycles. The Morgan fingerprint density at radius 1 is 0.894 bits per heavy atom. The van der Waals surface area contributed by atoms with Crippen LogP contribution in [0.4, 0.5) is 4.79 Å². The van der Waals surface area contributed by atoms with Crippen LogP contribution in [0.3, 0.4) is 0 Å². The number of nitrogens with one attached hydrogen (secondary N) is 4. The van der Waals surface area contributed by atoms with Gasteiger partial charge in [-0.25, -0.2) is 4.79 Å². The van der Waals surface area contributed by atoms with Crippen LogP contribution in [0.5, 0.6) is 0 Å². The standard InChI is InChI=1S/C34H57N7O6/c1-22(2)18-27(29(42)20-30(43)38-25-14-9-6-10-15-25)39-32(45)28(19-23(3)4)40-31(44)26(16-11-17-37-33(35)36)41-34(46)47-21-24-12-7-5-8-13-24/h5,7-8,12-13,22-23,25-29,42H,6,9-11,14-21H2,1-4H3,(H,38,43)(H,39,45)(H,40,44)(H,41,46)(H4,35,36,37)/t26-,27-,28-,29-/m0/s1. The summed E-state index contributed by atoms with van der Waals surface area (Å²) >= 11 is 0. The minimum Gasteiger partial charge on any atom is -0.445 e. The third-order valence-electron chi connectivity index (χ3n) is 7.99. The van der Waals surface area contributed by atoms with Gasteiger partial charge in [0.1, 0.15) is 18.7 Å². The summed E-state index contributed by atoms with van der Waals surface area (Å²) in [7, 11) is 0. The quantitative estimate of drug-likeness (QED) is 0.0665. The van der Waals surface area contributed by atoms with Gasteiger partial charge < -0.3 is 42.6 Å². The van der Waals surface area contributed by atoms with Crippen molar-refractivity contribution in [2.75, 3.05) is 6.54 Å². The van der Waals surface area contributed by atoms with Gasteiger partial charge in [-0.05, 0) is 55.9 Å². The van der Waals surface area contributed by atoms with Gasteiger partial charge >= 0.3 is 6.09 Å². The Morgan fingerprint density at radius 3 is 2.15 bits per heavy atom. The molecule has 4 amide bonds. The van der Waals surface area contributed by atoms with Crippen molar-refractivity contribution in [2.24, 2.45) is 28.3 Å². The number of guanidine groups is 1. The fourth-order valence-corrected chi connectivity index (χ4v) is 5.62. The number of benzene rings is 1. The summed E-state index contributed by atoms with van der Waals surface area (Å²) in [5, 5.41) is 22.4. The first-order chi connectivity index (χ1) is 22.3. The van der Waals surface area contributed by atoms with Gasteiger partial charge in [-0.2, -0.15) is 0 Å².